The average molecular weight is 298 g/mol. The molecule has 0 unspecified atom stereocenters. The second-order valence-electron chi connectivity index (χ2n) is 4.86. The molecule has 0 fully saturated rings. The minimum Gasteiger partial charge on any atom is -0.309 e. The molecule has 0 bridgehead atoms. The summed E-state index contributed by atoms with van der Waals surface area (Å²) in [6, 6.07) is 18.0. The number of para-hydroxylation sites is 1. The fraction of sp³-hybridized carbons (Fsp3) is 0.118. The van der Waals surface area contributed by atoms with Crippen molar-refractivity contribution < 1.29 is 0 Å². The van der Waals surface area contributed by atoms with Gasteiger partial charge in [0.05, 0.1) is 11.9 Å². The molecule has 0 aliphatic heterocycles. The minimum atomic E-state index is 0.770. The highest BCUT2D eigenvalue weighted by Crippen LogP contribution is 2.11. The van der Waals surface area contributed by atoms with Crippen LogP contribution in [0.2, 0.25) is 5.02 Å². The summed E-state index contributed by atoms with van der Waals surface area (Å²) in [5.74, 6) is 0. The number of halogens is 1. The molecule has 1 heterocycles. The molecule has 0 amide bonds. The maximum Gasteiger partial charge on any atom is 0.0645 e. The molecule has 0 aliphatic rings. The van der Waals surface area contributed by atoms with Gasteiger partial charge in [0, 0.05) is 29.9 Å². The molecule has 3 rings (SSSR count). The van der Waals surface area contributed by atoms with Crippen molar-refractivity contribution in [2.24, 2.45) is 0 Å². The van der Waals surface area contributed by atoms with Crippen LogP contribution in [0.4, 0.5) is 0 Å². The molecule has 2 aromatic carbocycles. The predicted octanol–water partition coefficient (Wildman–Crippen LogP) is 3.82. The van der Waals surface area contributed by atoms with Gasteiger partial charge in [-0.25, -0.2) is 4.68 Å². The normalized spacial score (nSPS) is 10.7. The van der Waals surface area contributed by atoms with Crippen molar-refractivity contribution in [3.8, 4) is 5.69 Å². The van der Waals surface area contributed by atoms with E-state index in [1.165, 1.54) is 5.56 Å². The van der Waals surface area contributed by atoms with Gasteiger partial charge >= 0.3 is 0 Å². The van der Waals surface area contributed by atoms with E-state index >= 15 is 0 Å². The van der Waals surface area contributed by atoms with E-state index in [0.717, 1.165) is 29.4 Å². The van der Waals surface area contributed by atoms with E-state index in [0.29, 0.717) is 0 Å². The third kappa shape index (κ3) is 3.72. The van der Waals surface area contributed by atoms with E-state index in [1.807, 2.05) is 65.6 Å². The second-order valence-corrected chi connectivity index (χ2v) is 5.30. The highest BCUT2D eigenvalue weighted by molar-refractivity contribution is 6.30. The van der Waals surface area contributed by atoms with E-state index < -0.39 is 0 Å². The molecule has 1 N–H and O–H groups in total. The van der Waals surface area contributed by atoms with E-state index in [2.05, 4.69) is 16.5 Å². The van der Waals surface area contributed by atoms with Crippen LogP contribution in [0.5, 0.6) is 0 Å². The summed E-state index contributed by atoms with van der Waals surface area (Å²) in [7, 11) is 0. The Balaban J connectivity index is 1.58. The maximum absolute atomic E-state index is 5.97. The van der Waals surface area contributed by atoms with Crippen LogP contribution in [0.25, 0.3) is 5.69 Å². The van der Waals surface area contributed by atoms with Crippen molar-refractivity contribution in [1.82, 2.24) is 15.1 Å². The molecule has 106 valence electrons. The average Bonchev–Trinajstić information content (AvgIpc) is 2.97. The van der Waals surface area contributed by atoms with Gasteiger partial charge in [0.15, 0.2) is 0 Å². The summed E-state index contributed by atoms with van der Waals surface area (Å²) >= 11 is 5.97. The van der Waals surface area contributed by atoms with Crippen molar-refractivity contribution in [1.29, 1.82) is 0 Å². The summed E-state index contributed by atoms with van der Waals surface area (Å²) < 4.78 is 1.89. The van der Waals surface area contributed by atoms with Gasteiger partial charge in [0.25, 0.3) is 0 Å². The molecule has 4 heteroatoms. The Kier molecular flexibility index (Phi) is 4.34. The number of benzene rings is 2. The lowest BCUT2D eigenvalue weighted by molar-refractivity contribution is 0.693. The van der Waals surface area contributed by atoms with Gasteiger partial charge in [-0.05, 0) is 29.8 Å². The summed E-state index contributed by atoms with van der Waals surface area (Å²) in [6.45, 7) is 1.57. The largest absolute Gasteiger partial charge is 0.309 e. The molecular weight excluding hydrogens is 282 g/mol. The van der Waals surface area contributed by atoms with Gasteiger partial charge in [-0.2, -0.15) is 5.10 Å². The topological polar surface area (TPSA) is 29.9 Å². The second kappa shape index (κ2) is 6.57. The molecule has 0 saturated carbocycles. The van der Waals surface area contributed by atoms with Gasteiger partial charge in [0.1, 0.15) is 0 Å². The van der Waals surface area contributed by atoms with E-state index in [-0.39, 0.29) is 0 Å². The van der Waals surface area contributed by atoms with Crippen molar-refractivity contribution >= 4 is 11.6 Å². The molecule has 0 radical (unpaired) electrons. The first-order valence-corrected chi connectivity index (χ1v) is 7.23. The molecule has 21 heavy (non-hydrogen) atoms. The Hall–Kier alpha value is -2.10. The number of hydrogen-bond acceptors (Lipinski definition) is 2. The molecule has 1 aromatic heterocycles. The summed E-state index contributed by atoms with van der Waals surface area (Å²) in [5, 5.41) is 8.55. The fourth-order valence-electron chi connectivity index (χ4n) is 2.17. The molecule has 0 aliphatic carbocycles. The van der Waals surface area contributed by atoms with E-state index in [9.17, 15) is 0 Å². The molecular formula is C17H16ClN3. The first kappa shape index (κ1) is 13.9. The maximum atomic E-state index is 5.97. The number of hydrogen-bond donors (Lipinski definition) is 1. The first-order valence-electron chi connectivity index (χ1n) is 6.85. The van der Waals surface area contributed by atoms with Crippen LogP contribution >= 0.6 is 11.6 Å². The van der Waals surface area contributed by atoms with Crippen LogP contribution < -0.4 is 5.32 Å². The van der Waals surface area contributed by atoms with Crippen LogP contribution in [-0.4, -0.2) is 9.78 Å². The van der Waals surface area contributed by atoms with Gasteiger partial charge in [-0.15, -0.1) is 0 Å². The Morgan fingerprint density at radius 3 is 2.57 bits per heavy atom. The number of nitrogens with one attached hydrogen (secondary N) is 1. The van der Waals surface area contributed by atoms with Crippen molar-refractivity contribution in [3.05, 3.63) is 83.1 Å². The number of aromatic nitrogens is 2. The lowest BCUT2D eigenvalue weighted by atomic mass is 10.2. The van der Waals surface area contributed by atoms with E-state index in [1.54, 1.807) is 0 Å². The quantitative estimate of drug-likeness (QED) is 0.776. The van der Waals surface area contributed by atoms with Crippen molar-refractivity contribution in [2.45, 2.75) is 13.1 Å². The van der Waals surface area contributed by atoms with Crippen LogP contribution in [0, 0.1) is 0 Å². The number of rotatable bonds is 5. The molecule has 0 spiro atoms. The zero-order valence-corrected chi connectivity index (χ0v) is 12.3. The van der Waals surface area contributed by atoms with Gasteiger partial charge in [-0.3, -0.25) is 0 Å². The predicted molar refractivity (Wildman–Crippen MR) is 85.6 cm³/mol. The summed E-state index contributed by atoms with van der Waals surface area (Å²) in [5.41, 5.74) is 3.40. The highest BCUT2D eigenvalue weighted by Gasteiger charge is 2.00. The van der Waals surface area contributed by atoms with Crippen LogP contribution in [0.3, 0.4) is 0 Å². The SMILES string of the molecule is Clc1cccc(CNCc2cnn(-c3ccccc3)c2)c1. The molecule has 0 atom stereocenters. The van der Waals surface area contributed by atoms with Gasteiger partial charge < -0.3 is 5.32 Å². The molecule has 3 aromatic rings. The fourth-order valence-corrected chi connectivity index (χ4v) is 2.38. The van der Waals surface area contributed by atoms with Crippen LogP contribution in [0.1, 0.15) is 11.1 Å². The van der Waals surface area contributed by atoms with E-state index in [4.69, 9.17) is 11.6 Å². The third-order valence-corrected chi connectivity index (χ3v) is 3.44. The highest BCUT2D eigenvalue weighted by atomic mass is 35.5. The lowest BCUT2D eigenvalue weighted by Crippen LogP contribution is -2.12. The Morgan fingerprint density at radius 2 is 1.76 bits per heavy atom. The first-order chi connectivity index (χ1) is 10.3. The summed E-state index contributed by atoms with van der Waals surface area (Å²) in [4.78, 5) is 0. The summed E-state index contributed by atoms with van der Waals surface area (Å²) in [6.07, 6.45) is 3.93. The Bertz CT molecular complexity index is 707. The zero-order valence-electron chi connectivity index (χ0n) is 11.5. The van der Waals surface area contributed by atoms with Crippen molar-refractivity contribution in [3.63, 3.8) is 0 Å². The minimum absolute atomic E-state index is 0.770. The van der Waals surface area contributed by atoms with Crippen molar-refractivity contribution in [2.75, 3.05) is 0 Å². The third-order valence-electron chi connectivity index (χ3n) is 3.20. The van der Waals surface area contributed by atoms with Gasteiger partial charge in [-0.1, -0.05) is 41.9 Å². The van der Waals surface area contributed by atoms with Gasteiger partial charge in [0.2, 0.25) is 0 Å². The Labute approximate surface area is 129 Å². The zero-order chi connectivity index (χ0) is 14.5. The molecule has 0 saturated heterocycles. The monoisotopic (exact) mass is 297 g/mol. The molecule has 3 nitrogen and oxygen atoms in total. The number of nitrogens with zero attached hydrogens (tertiary/aromatic N) is 2. The standard InChI is InChI=1S/C17H16ClN3/c18-16-6-4-5-14(9-16)10-19-11-15-12-20-21(13-15)17-7-2-1-3-8-17/h1-9,12-13,19H,10-11H2. The van der Waals surface area contributed by atoms with Crippen LogP contribution in [-0.2, 0) is 13.1 Å². The smallest absolute Gasteiger partial charge is 0.0645 e. The Morgan fingerprint density at radius 1 is 0.952 bits per heavy atom. The lowest BCUT2D eigenvalue weighted by Gasteiger charge is -2.03. The van der Waals surface area contributed by atoms with Crippen LogP contribution in [0.15, 0.2) is 67.0 Å².